The van der Waals surface area contributed by atoms with Gasteiger partial charge >= 0.3 is 5.97 Å². The lowest BCUT2D eigenvalue weighted by atomic mass is 9.83. The van der Waals surface area contributed by atoms with E-state index in [0.717, 1.165) is 15.6 Å². The van der Waals surface area contributed by atoms with Gasteiger partial charge in [0.1, 0.15) is 41.2 Å². The van der Waals surface area contributed by atoms with Crippen LogP contribution in [0.1, 0.15) is 28.2 Å². The average molecular weight is 597 g/mol. The van der Waals surface area contributed by atoms with Crippen molar-refractivity contribution in [3.8, 4) is 29.1 Å². The third kappa shape index (κ3) is 6.28. The molecule has 1 aliphatic heterocycles. The number of halogens is 1. The van der Waals surface area contributed by atoms with E-state index >= 15 is 0 Å². The van der Waals surface area contributed by atoms with Gasteiger partial charge in [0.15, 0.2) is 6.61 Å². The largest absolute Gasteiger partial charge is 0.489 e. The van der Waals surface area contributed by atoms with Gasteiger partial charge in [0.05, 0.1) is 5.92 Å². The van der Waals surface area contributed by atoms with E-state index in [4.69, 9.17) is 24.7 Å². The zero-order valence-corrected chi connectivity index (χ0v) is 23.2. The molecular weight excluding hydrogens is 572 g/mol. The average Bonchev–Trinajstić information content (AvgIpc) is 2.96. The highest BCUT2D eigenvalue weighted by Crippen LogP contribution is 2.44. The summed E-state index contributed by atoms with van der Waals surface area (Å²) < 4.78 is 23.7. The van der Waals surface area contributed by atoms with Crippen LogP contribution < -0.4 is 24.7 Å². The van der Waals surface area contributed by atoms with Gasteiger partial charge in [0.25, 0.3) is 0 Å². The second-order valence-electron chi connectivity index (χ2n) is 9.19. The monoisotopic (exact) mass is 596 g/mol. The molecule has 0 saturated carbocycles. The van der Waals surface area contributed by atoms with Gasteiger partial charge in [-0.2, -0.15) is 5.26 Å². The third-order valence-corrected chi connectivity index (χ3v) is 6.84. The molecule has 1 unspecified atom stereocenters. The number of nitriles is 1. The molecule has 7 nitrogen and oxygen atoms in total. The molecule has 0 fully saturated rings. The van der Waals surface area contributed by atoms with Gasteiger partial charge in [0.2, 0.25) is 5.88 Å². The van der Waals surface area contributed by atoms with Crippen LogP contribution in [0.5, 0.6) is 23.0 Å². The second kappa shape index (κ2) is 12.0. The first-order chi connectivity index (χ1) is 19.4. The Morgan fingerprint density at radius 1 is 0.950 bits per heavy atom. The van der Waals surface area contributed by atoms with Gasteiger partial charge in [-0.25, -0.2) is 4.79 Å². The van der Waals surface area contributed by atoms with Gasteiger partial charge < -0.3 is 24.7 Å². The molecule has 8 heteroatoms. The van der Waals surface area contributed by atoms with Crippen LogP contribution in [0.3, 0.4) is 0 Å². The zero-order chi connectivity index (χ0) is 28.1. The molecular formula is C32H25BrN2O5. The van der Waals surface area contributed by atoms with E-state index in [9.17, 15) is 10.1 Å². The minimum Gasteiger partial charge on any atom is -0.489 e. The predicted octanol–water partition coefficient (Wildman–Crippen LogP) is 6.54. The minimum absolute atomic E-state index is 0.00646. The molecule has 200 valence electrons. The van der Waals surface area contributed by atoms with E-state index in [0.29, 0.717) is 29.4 Å². The smallest absolute Gasteiger partial charge is 0.349 e. The lowest BCUT2D eigenvalue weighted by molar-refractivity contribution is -0.136. The van der Waals surface area contributed by atoms with Crippen LogP contribution in [0.15, 0.2) is 107 Å². The molecule has 1 heterocycles. The summed E-state index contributed by atoms with van der Waals surface area (Å²) in [7, 11) is 0. The molecule has 1 atom stereocenters. The summed E-state index contributed by atoms with van der Waals surface area (Å²) in [5, 5.41) is 9.92. The Labute approximate surface area is 240 Å². The summed E-state index contributed by atoms with van der Waals surface area (Å²) in [5.74, 6) is 0.809. The number of carbonyl (C=O) groups is 1. The fourth-order valence-electron chi connectivity index (χ4n) is 4.31. The molecule has 2 N–H and O–H groups in total. The maximum atomic E-state index is 12.4. The first kappa shape index (κ1) is 26.9. The van der Waals surface area contributed by atoms with Crippen LogP contribution in [0.25, 0.3) is 0 Å². The van der Waals surface area contributed by atoms with E-state index in [-0.39, 0.29) is 23.8 Å². The van der Waals surface area contributed by atoms with Crippen LogP contribution in [-0.4, -0.2) is 12.6 Å². The van der Waals surface area contributed by atoms with Gasteiger partial charge in [-0.3, -0.25) is 0 Å². The molecule has 0 saturated heterocycles. The van der Waals surface area contributed by atoms with Crippen LogP contribution >= 0.6 is 15.9 Å². The van der Waals surface area contributed by atoms with Crippen LogP contribution in [0.4, 0.5) is 0 Å². The van der Waals surface area contributed by atoms with Crippen LogP contribution in [0.2, 0.25) is 0 Å². The molecule has 4 aromatic rings. The second-order valence-corrected chi connectivity index (χ2v) is 10.1. The number of hydrogen-bond acceptors (Lipinski definition) is 7. The van der Waals surface area contributed by atoms with Crippen molar-refractivity contribution in [1.29, 1.82) is 5.26 Å². The molecule has 0 amide bonds. The number of nitrogens with zero attached hydrogens (tertiary/aromatic N) is 1. The summed E-state index contributed by atoms with van der Waals surface area (Å²) in [4.78, 5) is 12.4. The Hall–Kier alpha value is -4.74. The molecule has 5 rings (SSSR count). The van der Waals surface area contributed by atoms with Crippen LogP contribution in [-0.2, 0) is 11.4 Å². The fraction of sp³-hybridized carbons (Fsp3) is 0.125. The molecule has 4 aromatic carbocycles. The van der Waals surface area contributed by atoms with Gasteiger partial charge in [-0.15, -0.1) is 0 Å². The molecule has 40 heavy (non-hydrogen) atoms. The van der Waals surface area contributed by atoms with Gasteiger partial charge in [-0.1, -0.05) is 64.0 Å². The number of esters is 1. The Balaban J connectivity index is 1.33. The number of hydrogen-bond donors (Lipinski definition) is 1. The molecule has 0 bridgehead atoms. The number of benzene rings is 4. The third-order valence-electron chi connectivity index (χ3n) is 6.31. The van der Waals surface area contributed by atoms with Crippen molar-refractivity contribution < 1.29 is 23.7 Å². The first-order valence-electron chi connectivity index (χ1n) is 12.5. The Morgan fingerprint density at radius 3 is 2.45 bits per heavy atom. The molecule has 0 aromatic heterocycles. The normalized spacial score (nSPS) is 14.0. The highest BCUT2D eigenvalue weighted by atomic mass is 79.9. The lowest BCUT2D eigenvalue weighted by Gasteiger charge is -2.27. The van der Waals surface area contributed by atoms with E-state index in [2.05, 4.69) is 22.0 Å². The first-order valence-corrected chi connectivity index (χ1v) is 13.3. The number of rotatable bonds is 8. The molecule has 0 spiro atoms. The molecule has 0 aliphatic carbocycles. The SMILES string of the molecule is Cc1ccc(COc2cccc(C3C(C#N)=C(N)Oc4cc(OC(=O)COc5ccc(Br)cc5)ccc43)c2)cc1. The van der Waals surface area contributed by atoms with Crippen molar-refractivity contribution >= 4 is 21.9 Å². The highest BCUT2D eigenvalue weighted by Gasteiger charge is 2.31. The van der Waals surface area contributed by atoms with Crippen molar-refractivity contribution in [3.63, 3.8) is 0 Å². The summed E-state index contributed by atoms with van der Waals surface area (Å²) in [6.07, 6.45) is 0. The summed E-state index contributed by atoms with van der Waals surface area (Å²) in [5.41, 5.74) is 10.2. The molecule has 1 aliphatic rings. The zero-order valence-electron chi connectivity index (χ0n) is 21.6. The Morgan fingerprint density at radius 2 is 1.70 bits per heavy atom. The van der Waals surface area contributed by atoms with E-state index in [1.165, 1.54) is 5.56 Å². The molecule has 0 radical (unpaired) electrons. The van der Waals surface area contributed by atoms with E-state index in [1.54, 1.807) is 30.3 Å². The number of ether oxygens (including phenoxy) is 4. The van der Waals surface area contributed by atoms with E-state index in [1.807, 2.05) is 67.6 Å². The summed E-state index contributed by atoms with van der Waals surface area (Å²) in [6.45, 7) is 2.19. The number of carbonyl (C=O) groups excluding carboxylic acids is 1. The predicted molar refractivity (Wildman–Crippen MR) is 153 cm³/mol. The van der Waals surface area contributed by atoms with Crippen molar-refractivity contribution in [2.75, 3.05) is 6.61 Å². The van der Waals surface area contributed by atoms with Crippen molar-refractivity contribution in [2.24, 2.45) is 5.73 Å². The minimum atomic E-state index is -0.574. The number of fused-ring (bicyclic) bond motifs is 1. The maximum absolute atomic E-state index is 12.4. The quantitative estimate of drug-likeness (QED) is 0.182. The lowest BCUT2D eigenvalue weighted by Crippen LogP contribution is -2.21. The Bertz CT molecular complexity index is 1610. The topological polar surface area (TPSA) is 104 Å². The summed E-state index contributed by atoms with van der Waals surface area (Å²) >= 11 is 3.36. The van der Waals surface area contributed by atoms with Crippen molar-refractivity contribution in [2.45, 2.75) is 19.4 Å². The number of nitrogens with two attached hydrogens (primary N) is 1. The fourth-order valence-corrected chi connectivity index (χ4v) is 4.58. The van der Waals surface area contributed by atoms with Crippen molar-refractivity contribution in [3.05, 3.63) is 129 Å². The number of allylic oxidation sites excluding steroid dienone is 1. The van der Waals surface area contributed by atoms with Crippen LogP contribution in [0, 0.1) is 18.3 Å². The van der Waals surface area contributed by atoms with Gasteiger partial charge in [0, 0.05) is 16.1 Å². The van der Waals surface area contributed by atoms with E-state index < -0.39 is 11.9 Å². The Kier molecular flexibility index (Phi) is 8.04. The van der Waals surface area contributed by atoms with Gasteiger partial charge in [-0.05, 0) is 60.5 Å². The highest BCUT2D eigenvalue weighted by molar-refractivity contribution is 9.10. The number of aryl methyl sites for hydroxylation is 1. The van der Waals surface area contributed by atoms with Crippen molar-refractivity contribution in [1.82, 2.24) is 0 Å². The standard InChI is InChI=1S/C32H25BrN2O5/c1-20-5-7-21(8-6-20)18-37-25-4-2-3-22(15-25)31-27-14-13-26(16-29(27)40-32(35)28(31)17-34)39-30(36)19-38-24-11-9-23(33)10-12-24/h2-16,31H,18-19,35H2,1H3. The summed E-state index contributed by atoms with van der Waals surface area (Å²) in [6, 6.07) is 30.0. The maximum Gasteiger partial charge on any atom is 0.349 e.